The number of aliphatic imine (C=N–C) groups is 1. The monoisotopic (exact) mass is 319 g/mol. The van der Waals surface area contributed by atoms with Gasteiger partial charge in [0.05, 0.1) is 19.1 Å². The molecule has 2 N–H and O–H groups in total. The van der Waals surface area contributed by atoms with Gasteiger partial charge >= 0.3 is 6.09 Å². The predicted octanol–water partition coefficient (Wildman–Crippen LogP) is 2.34. The zero-order valence-electron chi connectivity index (χ0n) is 13.3. The summed E-state index contributed by atoms with van der Waals surface area (Å²) in [6, 6.07) is 5.77. The third-order valence-corrected chi connectivity index (χ3v) is 4.72. The first-order valence-corrected chi connectivity index (χ1v) is 7.62. The number of methoxy groups -OCH3 is 2. The number of piperidine rings is 1. The first-order valence-electron chi connectivity index (χ1n) is 7.62. The maximum Gasteiger partial charge on any atom is 0.407 e. The summed E-state index contributed by atoms with van der Waals surface area (Å²) in [5, 5.41) is 12.2. The number of ether oxygens (including phenoxy) is 2. The predicted molar refractivity (Wildman–Crippen MR) is 86.1 cm³/mol. The van der Waals surface area contributed by atoms with Crippen LogP contribution in [0.3, 0.4) is 0 Å². The topological polar surface area (TPSA) is 83.4 Å². The number of hydrogen-bond donors (Lipinski definition) is 2. The largest absolute Gasteiger partial charge is 0.497 e. The molecule has 2 aliphatic rings. The molecule has 2 aliphatic heterocycles. The van der Waals surface area contributed by atoms with Crippen LogP contribution >= 0.6 is 0 Å². The van der Waals surface area contributed by atoms with Crippen LogP contribution in [-0.2, 0) is 10.5 Å². The number of hydrogen-bond acceptors (Lipinski definition) is 5. The van der Waals surface area contributed by atoms with Crippen molar-refractivity contribution < 1.29 is 19.4 Å². The number of nitrogens with one attached hydrogen (secondary N) is 1. The highest BCUT2D eigenvalue weighted by Crippen LogP contribution is 2.45. The molecule has 0 radical (unpaired) electrons. The molecular weight excluding hydrogens is 298 g/mol. The lowest BCUT2D eigenvalue weighted by Crippen LogP contribution is -2.46. The van der Waals surface area contributed by atoms with Crippen LogP contribution in [-0.4, -0.2) is 49.7 Å². The quantitative estimate of drug-likeness (QED) is 0.893. The van der Waals surface area contributed by atoms with Crippen molar-refractivity contribution in [2.75, 3.05) is 32.6 Å². The normalized spacial score (nSPS) is 24.0. The Hall–Kier alpha value is -2.28. The molecule has 124 valence electrons. The molecule has 0 saturated carbocycles. The number of benzene rings is 1. The van der Waals surface area contributed by atoms with Gasteiger partial charge in [-0.1, -0.05) is 0 Å². The zero-order valence-corrected chi connectivity index (χ0v) is 13.3. The molecule has 1 unspecified atom stereocenters. The summed E-state index contributed by atoms with van der Waals surface area (Å²) in [4.78, 5) is 17.1. The Morgan fingerprint density at radius 1 is 1.39 bits per heavy atom. The van der Waals surface area contributed by atoms with Crippen LogP contribution in [0.2, 0.25) is 0 Å². The van der Waals surface area contributed by atoms with Gasteiger partial charge in [-0.05, 0) is 25.0 Å². The molecule has 0 spiro atoms. The van der Waals surface area contributed by atoms with Crippen LogP contribution in [0.25, 0.3) is 0 Å². The van der Waals surface area contributed by atoms with Gasteiger partial charge in [-0.3, -0.25) is 0 Å². The smallest absolute Gasteiger partial charge is 0.407 e. The Bertz CT molecular complexity index is 626. The van der Waals surface area contributed by atoms with E-state index in [0.717, 1.165) is 17.0 Å². The Kier molecular flexibility index (Phi) is 4.12. The van der Waals surface area contributed by atoms with Gasteiger partial charge in [-0.2, -0.15) is 0 Å². The van der Waals surface area contributed by atoms with E-state index in [9.17, 15) is 4.79 Å². The average Bonchev–Trinajstić information content (AvgIpc) is 2.60. The molecular formula is C16H21N3O4. The van der Waals surface area contributed by atoms with E-state index in [4.69, 9.17) is 14.6 Å². The number of amides is 1. The van der Waals surface area contributed by atoms with Crippen LogP contribution in [0.1, 0.15) is 18.4 Å². The summed E-state index contributed by atoms with van der Waals surface area (Å²) in [5.41, 5.74) is 1.08. The number of carbonyl (C=O) groups is 1. The second-order valence-electron chi connectivity index (χ2n) is 5.76. The SMILES string of the molecule is COc1ccc2c(c1)NC=NC2(OC)C1CCN(C(=O)O)CC1. The van der Waals surface area contributed by atoms with Crippen LogP contribution in [0.4, 0.5) is 10.5 Å². The lowest BCUT2D eigenvalue weighted by atomic mass is 9.81. The van der Waals surface area contributed by atoms with Crippen molar-refractivity contribution in [2.24, 2.45) is 10.9 Å². The average molecular weight is 319 g/mol. The molecule has 7 nitrogen and oxygen atoms in total. The molecule has 0 bridgehead atoms. The molecule has 1 atom stereocenters. The Balaban J connectivity index is 1.91. The molecule has 2 heterocycles. The Morgan fingerprint density at radius 3 is 2.74 bits per heavy atom. The van der Waals surface area contributed by atoms with Crippen molar-refractivity contribution in [1.29, 1.82) is 0 Å². The summed E-state index contributed by atoms with van der Waals surface area (Å²) in [7, 11) is 3.28. The molecule has 0 aromatic heterocycles. The molecule has 7 heteroatoms. The second-order valence-corrected chi connectivity index (χ2v) is 5.76. The number of nitrogens with zero attached hydrogens (tertiary/aromatic N) is 2. The summed E-state index contributed by atoms with van der Waals surface area (Å²) in [6.07, 6.45) is 2.20. The third-order valence-electron chi connectivity index (χ3n) is 4.72. The second kappa shape index (κ2) is 6.08. The van der Waals surface area contributed by atoms with Gasteiger partial charge in [0.2, 0.25) is 0 Å². The Labute approximate surface area is 134 Å². The van der Waals surface area contributed by atoms with E-state index in [1.165, 1.54) is 4.90 Å². The maximum absolute atomic E-state index is 11.1. The fraction of sp³-hybridized carbons (Fsp3) is 0.500. The van der Waals surface area contributed by atoms with Gasteiger partial charge in [0.1, 0.15) is 5.75 Å². The fourth-order valence-corrected chi connectivity index (χ4v) is 3.47. The van der Waals surface area contributed by atoms with E-state index >= 15 is 0 Å². The molecule has 3 rings (SSSR count). The summed E-state index contributed by atoms with van der Waals surface area (Å²) in [6.45, 7) is 0.999. The van der Waals surface area contributed by atoms with Crippen LogP contribution < -0.4 is 10.1 Å². The Morgan fingerprint density at radius 2 is 2.13 bits per heavy atom. The van der Waals surface area contributed by atoms with E-state index in [1.807, 2.05) is 18.2 Å². The van der Waals surface area contributed by atoms with Crippen molar-refractivity contribution in [1.82, 2.24) is 4.90 Å². The van der Waals surface area contributed by atoms with Crippen molar-refractivity contribution in [3.8, 4) is 5.75 Å². The van der Waals surface area contributed by atoms with Crippen LogP contribution in [0.5, 0.6) is 5.75 Å². The molecule has 23 heavy (non-hydrogen) atoms. The van der Waals surface area contributed by atoms with E-state index in [0.29, 0.717) is 25.9 Å². The van der Waals surface area contributed by atoms with E-state index < -0.39 is 11.8 Å². The van der Waals surface area contributed by atoms with Gasteiger partial charge in [0, 0.05) is 37.7 Å². The summed E-state index contributed by atoms with van der Waals surface area (Å²) >= 11 is 0. The standard InChI is InChI=1S/C16H21N3O4/c1-22-12-3-4-13-14(9-12)17-10-18-16(13,23-2)11-5-7-19(8-6-11)15(20)21/h3-4,9-11H,5-8H2,1-2H3,(H,17,18)(H,20,21). The molecule has 1 saturated heterocycles. The van der Waals surface area contributed by atoms with Crippen LogP contribution in [0.15, 0.2) is 23.2 Å². The molecule has 1 aromatic rings. The summed E-state index contributed by atoms with van der Waals surface area (Å²) in [5.74, 6) is 0.880. The minimum absolute atomic E-state index is 0.119. The highest BCUT2D eigenvalue weighted by molar-refractivity contribution is 5.81. The lowest BCUT2D eigenvalue weighted by Gasteiger charge is -2.43. The number of rotatable bonds is 3. The van der Waals surface area contributed by atoms with Crippen LogP contribution in [0, 0.1) is 5.92 Å². The summed E-state index contributed by atoms with van der Waals surface area (Å²) < 4.78 is 11.1. The lowest BCUT2D eigenvalue weighted by molar-refractivity contribution is -0.0742. The van der Waals surface area contributed by atoms with E-state index in [2.05, 4.69) is 10.3 Å². The maximum atomic E-state index is 11.1. The highest BCUT2D eigenvalue weighted by atomic mass is 16.5. The third kappa shape index (κ3) is 2.61. The minimum atomic E-state index is -0.867. The number of anilines is 1. The first kappa shape index (κ1) is 15.6. The van der Waals surface area contributed by atoms with Gasteiger partial charge < -0.3 is 24.8 Å². The van der Waals surface area contributed by atoms with Crippen molar-refractivity contribution in [2.45, 2.75) is 18.6 Å². The van der Waals surface area contributed by atoms with Gasteiger partial charge in [0.25, 0.3) is 0 Å². The number of likely N-dealkylation sites (tertiary alicyclic amines) is 1. The molecule has 1 amide bonds. The van der Waals surface area contributed by atoms with Crippen molar-refractivity contribution in [3.63, 3.8) is 0 Å². The van der Waals surface area contributed by atoms with E-state index in [-0.39, 0.29) is 5.92 Å². The first-order chi connectivity index (χ1) is 11.1. The zero-order chi connectivity index (χ0) is 16.4. The molecule has 1 fully saturated rings. The number of carboxylic acid groups (broad SMARTS) is 1. The van der Waals surface area contributed by atoms with Gasteiger partial charge in [0.15, 0.2) is 5.72 Å². The van der Waals surface area contributed by atoms with Gasteiger partial charge in [-0.25, -0.2) is 9.79 Å². The fourth-order valence-electron chi connectivity index (χ4n) is 3.47. The molecule has 0 aliphatic carbocycles. The van der Waals surface area contributed by atoms with E-state index in [1.54, 1.807) is 20.6 Å². The van der Waals surface area contributed by atoms with Gasteiger partial charge in [-0.15, -0.1) is 0 Å². The highest BCUT2D eigenvalue weighted by Gasteiger charge is 2.45. The van der Waals surface area contributed by atoms with Crippen molar-refractivity contribution >= 4 is 18.1 Å². The van der Waals surface area contributed by atoms with Crippen molar-refractivity contribution in [3.05, 3.63) is 23.8 Å². The molecule has 1 aromatic carbocycles. The number of fused-ring (bicyclic) bond motifs is 1. The minimum Gasteiger partial charge on any atom is -0.497 e.